The van der Waals surface area contributed by atoms with E-state index in [4.69, 9.17) is 5.73 Å². The van der Waals surface area contributed by atoms with Gasteiger partial charge in [0.1, 0.15) is 0 Å². The maximum atomic E-state index is 12.0. The number of carbonyl (C=O) groups excluding carboxylic acids is 2. The quantitative estimate of drug-likeness (QED) is 0.756. The minimum absolute atomic E-state index is 0.0637. The minimum Gasteiger partial charge on any atom is -0.352 e. The van der Waals surface area contributed by atoms with Gasteiger partial charge in [-0.3, -0.25) is 9.59 Å². The van der Waals surface area contributed by atoms with Crippen molar-refractivity contribution in [3.63, 3.8) is 0 Å². The number of amides is 2. The predicted octanol–water partition coefficient (Wildman–Crippen LogP) is 1.02. The van der Waals surface area contributed by atoms with Crippen LogP contribution in [0.5, 0.6) is 0 Å². The molecule has 0 spiro atoms. The summed E-state index contributed by atoms with van der Waals surface area (Å²) in [6.45, 7) is 5.35. The average Bonchev–Trinajstić information content (AvgIpc) is 2.36. The Bertz CT molecular complexity index is 305. The first kappa shape index (κ1) is 16.0. The molecule has 0 radical (unpaired) electrons. The largest absolute Gasteiger partial charge is 0.352 e. The molecule has 2 amide bonds. The Morgan fingerprint density at radius 3 is 2.79 bits per heavy atom. The number of carbonyl (C=O) groups is 2. The predicted molar refractivity (Wildman–Crippen MR) is 75.5 cm³/mol. The van der Waals surface area contributed by atoms with Crippen molar-refractivity contribution in [2.75, 3.05) is 13.1 Å². The highest BCUT2D eigenvalue weighted by molar-refractivity contribution is 5.77. The molecule has 1 rings (SSSR count). The number of nitrogens with zero attached hydrogens (tertiary/aromatic N) is 1. The van der Waals surface area contributed by atoms with Crippen molar-refractivity contribution in [2.45, 2.75) is 64.5 Å². The van der Waals surface area contributed by atoms with Gasteiger partial charge in [-0.15, -0.1) is 0 Å². The Hall–Kier alpha value is -1.10. The Morgan fingerprint density at radius 1 is 1.42 bits per heavy atom. The first-order valence-electron chi connectivity index (χ1n) is 7.35. The Morgan fingerprint density at radius 2 is 2.16 bits per heavy atom. The lowest BCUT2D eigenvalue weighted by Crippen LogP contribution is -2.49. The second kappa shape index (κ2) is 8.15. The molecule has 5 nitrogen and oxygen atoms in total. The van der Waals surface area contributed by atoms with Crippen molar-refractivity contribution < 1.29 is 9.59 Å². The maximum absolute atomic E-state index is 12.0. The van der Waals surface area contributed by atoms with E-state index in [2.05, 4.69) is 5.32 Å². The molecule has 0 aromatic heterocycles. The van der Waals surface area contributed by atoms with Crippen molar-refractivity contribution in [3.8, 4) is 0 Å². The van der Waals surface area contributed by atoms with Gasteiger partial charge in [-0.05, 0) is 32.6 Å². The van der Waals surface area contributed by atoms with Crippen LogP contribution < -0.4 is 11.1 Å². The van der Waals surface area contributed by atoms with Gasteiger partial charge in [0.05, 0.1) is 0 Å². The van der Waals surface area contributed by atoms with Gasteiger partial charge >= 0.3 is 0 Å². The number of hydrogen-bond donors (Lipinski definition) is 2. The smallest absolute Gasteiger partial charge is 0.222 e. The van der Waals surface area contributed by atoms with E-state index in [1.54, 1.807) is 0 Å². The highest BCUT2D eigenvalue weighted by Gasteiger charge is 2.24. The van der Waals surface area contributed by atoms with Gasteiger partial charge in [-0.25, -0.2) is 0 Å². The first-order valence-corrected chi connectivity index (χ1v) is 7.35. The van der Waals surface area contributed by atoms with Crippen molar-refractivity contribution in [1.82, 2.24) is 10.2 Å². The third-order valence-electron chi connectivity index (χ3n) is 3.43. The zero-order valence-electron chi connectivity index (χ0n) is 12.2. The molecule has 0 saturated carbocycles. The summed E-state index contributed by atoms with van der Waals surface area (Å²) in [7, 11) is 0. The van der Waals surface area contributed by atoms with E-state index in [1.807, 2.05) is 18.7 Å². The first-order chi connectivity index (χ1) is 9.02. The van der Waals surface area contributed by atoms with Crippen LogP contribution in [0.3, 0.4) is 0 Å². The molecular formula is C14H27N3O2. The van der Waals surface area contributed by atoms with Crippen LogP contribution in [0.25, 0.3) is 0 Å². The van der Waals surface area contributed by atoms with E-state index >= 15 is 0 Å². The summed E-state index contributed by atoms with van der Waals surface area (Å²) < 4.78 is 0. The minimum atomic E-state index is 0.0637. The fourth-order valence-electron chi connectivity index (χ4n) is 2.36. The van der Waals surface area contributed by atoms with E-state index < -0.39 is 0 Å². The Balaban J connectivity index is 2.36. The summed E-state index contributed by atoms with van der Waals surface area (Å²) >= 11 is 0. The molecule has 1 fully saturated rings. The van der Waals surface area contributed by atoms with E-state index in [1.165, 1.54) is 0 Å². The molecule has 2 unspecified atom stereocenters. The molecule has 5 heteroatoms. The van der Waals surface area contributed by atoms with Crippen LogP contribution >= 0.6 is 0 Å². The van der Waals surface area contributed by atoms with E-state index in [-0.39, 0.29) is 23.9 Å². The van der Waals surface area contributed by atoms with Crippen molar-refractivity contribution in [3.05, 3.63) is 0 Å². The molecule has 110 valence electrons. The van der Waals surface area contributed by atoms with Crippen molar-refractivity contribution in [1.29, 1.82) is 0 Å². The molecule has 0 aliphatic carbocycles. The highest BCUT2D eigenvalue weighted by Crippen LogP contribution is 2.12. The molecule has 1 aliphatic rings. The number of hydrogen-bond acceptors (Lipinski definition) is 3. The van der Waals surface area contributed by atoms with E-state index in [0.717, 1.165) is 32.2 Å². The molecule has 0 aromatic carbocycles. The Kier molecular flexibility index (Phi) is 6.84. The summed E-state index contributed by atoms with van der Waals surface area (Å²) in [5, 5.41) is 3.01. The monoisotopic (exact) mass is 269 g/mol. The Labute approximate surface area is 115 Å². The summed E-state index contributed by atoms with van der Waals surface area (Å²) in [4.78, 5) is 25.5. The fourth-order valence-corrected chi connectivity index (χ4v) is 2.36. The van der Waals surface area contributed by atoms with Gasteiger partial charge < -0.3 is 16.0 Å². The van der Waals surface area contributed by atoms with Crippen molar-refractivity contribution >= 4 is 11.8 Å². The fraction of sp³-hybridized carbons (Fsp3) is 0.857. The number of nitrogens with one attached hydrogen (secondary N) is 1. The van der Waals surface area contributed by atoms with Crippen LogP contribution in [0, 0.1) is 0 Å². The molecule has 1 heterocycles. The second-order valence-electron chi connectivity index (χ2n) is 5.51. The maximum Gasteiger partial charge on any atom is 0.222 e. The number of piperidine rings is 1. The van der Waals surface area contributed by atoms with Gasteiger partial charge in [0.25, 0.3) is 0 Å². The van der Waals surface area contributed by atoms with Crippen LogP contribution in [0.15, 0.2) is 0 Å². The van der Waals surface area contributed by atoms with Gasteiger partial charge in [0.15, 0.2) is 0 Å². The van der Waals surface area contributed by atoms with Gasteiger partial charge in [0, 0.05) is 38.0 Å². The van der Waals surface area contributed by atoms with Crippen molar-refractivity contribution in [2.24, 2.45) is 5.73 Å². The lowest BCUT2D eigenvalue weighted by Gasteiger charge is -2.33. The zero-order chi connectivity index (χ0) is 14.3. The van der Waals surface area contributed by atoms with Crippen LogP contribution in [0.2, 0.25) is 0 Å². The normalized spacial score (nSPS) is 21.0. The lowest BCUT2D eigenvalue weighted by molar-refractivity contribution is -0.133. The average molecular weight is 269 g/mol. The summed E-state index contributed by atoms with van der Waals surface area (Å²) in [6.07, 6.45) is 4.58. The van der Waals surface area contributed by atoms with Gasteiger partial charge in [0.2, 0.25) is 11.8 Å². The standard InChI is InChI=1S/C14H27N3O2/c1-3-5-13(18)16-12-6-4-9-17(10-12)14(19)8-7-11(2)15/h11-12H,3-10,15H2,1-2H3,(H,16,18). The number of nitrogens with two attached hydrogens (primary N) is 1. The van der Waals surface area contributed by atoms with Crippen LogP contribution in [-0.2, 0) is 9.59 Å². The SMILES string of the molecule is CCCC(=O)NC1CCCN(C(=O)CCC(C)N)C1. The molecule has 2 atom stereocenters. The highest BCUT2D eigenvalue weighted by atomic mass is 16.2. The molecule has 19 heavy (non-hydrogen) atoms. The summed E-state index contributed by atoms with van der Waals surface area (Å²) in [6, 6.07) is 0.181. The van der Waals surface area contributed by atoms with Crippen LogP contribution in [0.1, 0.15) is 52.4 Å². The molecule has 3 N–H and O–H groups in total. The lowest BCUT2D eigenvalue weighted by atomic mass is 10.0. The molecule has 0 bridgehead atoms. The van der Waals surface area contributed by atoms with Crippen LogP contribution in [-0.4, -0.2) is 41.9 Å². The van der Waals surface area contributed by atoms with E-state index in [0.29, 0.717) is 19.4 Å². The molecular weight excluding hydrogens is 242 g/mol. The number of likely N-dealkylation sites (tertiary alicyclic amines) is 1. The van der Waals surface area contributed by atoms with Gasteiger partial charge in [-0.1, -0.05) is 6.92 Å². The zero-order valence-corrected chi connectivity index (χ0v) is 12.2. The van der Waals surface area contributed by atoms with Gasteiger partial charge in [-0.2, -0.15) is 0 Å². The topological polar surface area (TPSA) is 75.4 Å². The van der Waals surface area contributed by atoms with E-state index in [9.17, 15) is 9.59 Å². The number of rotatable bonds is 6. The molecule has 1 aliphatic heterocycles. The third-order valence-corrected chi connectivity index (χ3v) is 3.43. The third kappa shape index (κ3) is 6.05. The second-order valence-corrected chi connectivity index (χ2v) is 5.51. The molecule has 1 saturated heterocycles. The van der Waals surface area contributed by atoms with Crippen LogP contribution in [0.4, 0.5) is 0 Å². The summed E-state index contributed by atoms with van der Waals surface area (Å²) in [5.74, 6) is 0.254. The molecule has 0 aromatic rings. The summed E-state index contributed by atoms with van der Waals surface area (Å²) in [5.41, 5.74) is 5.67.